The van der Waals surface area contributed by atoms with Gasteiger partial charge in [-0.25, -0.2) is 0 Å². The highest BCUT2D eigenvalue weighted by molar-refractivity contribution is 6.62. The minimum absolute atomic E-state index is 0.0232. The minimum atomic E-state index is -0.400. The number of nitrogens with zero attached hydrogens (tertiary/aromatic N) is 2. The van der Waals surface area contributed by atoms with Gasteiger partial charge in [-0.05, 0) is 45.3 Å². The zero-order valence-corrected chi connectivity index (χ0v) is 13.2. The summed E-state index contributed by atoms with van der Waals surface area (Å²) in [6.45, 7) is 8.05. The lowest BCUT2D eigenvalue weighted by Gasteiger charge is -2.32. The number of hydrogen-bond acceptors (Lipinski definition) is 5. The largest absolute Gasteiger partial charge is 0.494 e. The van der Waals surface area contributed by atoms with Crippen LogP contribution in [0.25, 0.3) is 0 Å². The Balaban J connectivity index is 2.10. The standard InChI is InChI=1S/C16H18BN3O2/c1-15(2)16(3,4)22-17(21-15)13-5-7-14(8-6-13)20-11-12(9-18)10-19/h5-8,11,20H,1-4H3. The molecule has 0 aromatic heterocycles. The molecule has 0 saturated carbocycles. The monoisotopic (exact) mass is 295 g/mol. The SMILES string of the molecule is CC1(C)OB(c2ccc(NC=C(C#N)C#N)cc2)OC1(C)C. The first-order valence-corrected chi connectivity index (χ1v) is 7.01. The van der Waals surface area contributed by atoms with Gasteiger partial charge in [0.1, 0.15) is 17.7 Å². The lowest BCUT2D eigenvalue weighted by atomic mass is 9.79. The predicted octanol–water partition coefficient (Wildman–Crippen LogP) is 2.33. The summed E-state index contributed by atoms with van der Waals surface area (Å²) in [5, 5.41) is 20.3. The van der Waals surface area contributed by atoms with Gasteiger partial charge in [0.15, 0.2) is 0 Å². The number of nitriles is 2. The molecule has 0 bridgehead atoms. The van der Waals surface area contributed by atoms with E-state index in [1.807, 2.05) is 52.0 Å². The second-order valence-corrected chi connectivity index (χ2v) is 6.14. The maximum atomic E-state index is 8.68. The summed E-state index contributed by atoms with van der Waals surface area (Å²) in [7, 11) is -0.400. The van der Waals surface area contributed by atoms with E-state index in [1.165, 1.54) is 6.20 Å². The van der Waals surface area contributed by atoms with E-state index in [1.54, 1.807) is 12.1 Å². The van der Waals surface area contributed by atoms with E-state index in [9.17, 15) is 0 Å². The van der Waals surface area contributed by atoms with Crippen molar-refractivity contribution < 1.29 is 9.31 Å². The third-order valence-corrected chi connectivity index (χ3v) is 4.06. The third-order valence-electron chi connectivity index (χ3n) is 4.06. The second kappa shape index (κ2) is 5.85. The Hall–Kier alpha value is -2.28. The molecule has 1 aliphatic heterocycles. The normalized spacial score (nSPS) is 18.2. The van der Waals surface area contributed by atoms with Gasteiger partial charge in [-0.3, -0.25) is 0 Å². The van der Waals surface area contributed by atoms with Gasteiger partial charge in [0.2, 0.25) is 0 Å². The van der Waals surface area contributed by atoms with Gasteiger partial charge in [-0.2, -0.15) is 10.5 Å². The number of nitrogens with one attached hydrogen (secondary N) is 1. The number of allylic oxidation sites excluding steroid dienone is 1. The molecular weight excluding hydrogens is 277 g/mol. The van der Waals surface area contributed by atoms with Crippen LogP contribution in [0.15, 0.2) is 36.0 Å². The highest BCUT2D eigenvalue weighted by Gasteiger charge is 2.51. The average Bonchev–Trinajstić information content (AvgIpc) is 2.69. The molecule has 0 radical (unpaired) electrons. The smallest absolute Gasteiger partial charge is 0.399 e. The molecule has 22 heavy (non-hydrogen) atoms. The first-order chi connectivity index (χ1) is 10.3. The average molecular weight is 295 g/mol. The molecule has 5 nitrogen and oxygen atoms in total. The fraction of sp³-hybridized carbons (Fsp3) is 0.375. The molecule has 0 spiro atoms. The molecule has 1 aromatic carbocycles. The van der Waals surface area contributed by atoms with Crippen molar-refractivity contribution in [3.05, 3.63) is 36.0 Å². The van der Waals surface area contributed by atoms with Crippen LogP contribution in [0.4, 0.5) is 5.69 Å². The maximum Gasteiger partial charge on any atom is 0.494 e. The van der Waals surface area contributed by atoms with Crippen molar-refractivity contribution in [2.75, 3.05) is 5.32 Å². The summed E-state index contributed by atoms with van der Waals surface area (Å²) in [6, 6.07) is 11.1. The minimum Gasteiger partial charge on any atom is -0.399 e. The summed E-state index contributed by atoms with van der Waals surface area (Å²) in [5.74, 6) is 0. The zero-order valence-electron chi connectivity index (χ0n) is 13.2. The zero-order chi connectivity index (χ0) is 16.4. The summed E-state index contributed by atoms with van der Waals surface area (Å²) in [6.07, 6.45) is 1.38. The Morgan fingerprint density at radius 1 is 1.05 bits per heavy atom. The first-order valence-electron chi connectivity index (χ1n) is 7.01. The van der Waals surface area contributed by atoms with Crippen molar-refractivity contribution in [2.24, 2.45) is 0 Å². The molecule has 0 amide bonds. The highest BCUT2D eigenvalue weighted by atomic mass is 16.7. The third kappa shape index (κ3) is 3.14. The lowest BCUT2D eigenvalue weighted by molar-refractivity contribution is 0.00578. The van der Waals surface area contributed by atoms with Crippen LogP contribution in [0.5, 0.6) is 0 Å². The van der Waals surface area contributed by atoms with Crippen molar-refractivity contribution in [2.45, 2.75) is 38.9 Å². The lowest BCUT2D eigenvalue weighted by Crippen LogP contribution is -2.41. The van der Waals surface area contributed by atoms with Crippen molar-refractivity contribution >= 4 is 18.3 Å². The van der Waals surface area contributed by atoms with Crippen LogP contribution in [0.3, 0.4) is 0 Å². The van der Waals surface area contributed by atoms with Crippen molar-refractivity contribution in [3.8, 4) is 12.1 Å². The Bertz CT molecular complexity index is 634. The Kier molecular flexibility index (Phi) is 4.28. The molecule has 0 unspecified atom stereocenters. The van der Waals surface area contributed by atoms with Gasteiger partial charge < -0.3 is 14.6 Å². The van der Waals surface area contributed by atoms with Crippen LogP contribution in [0.1, 0.15) is 27.7 Å². The molecule has 1 N–H and O–H groups in total. The molecule has 1 aromatic rings. The van der Waals surface area contributed by atoms with E-state index in [0.717, 1.165) is 11.2 Å². The van der Waals surface area contributed by atoms with Crippen molar-refractivity contribution in [1.82, 2.24) is 0 Å². The summed E-state index contributed by atoms with van der Waals surface area (Å²) in [4.78, 5) is 0. The molecule has 0 atom stereocenters. The van der Waals surface area contributed by atoms with Crippen molar-refractivity contribution in [1.29, 1.82) is 10.5 Å². The number of hydrogen-bond donors (Lipinski definition) is 1. The van der Waals surface area contributed by atoms with Crippen LogP contribution >= 0.6 is 0 Å². The second-order valence-electron chi connectivity index (χ2n) is 6.14. The van der Waals surface area contributed by atoms with Crippen molar-refractivity contribution in [3.63, 3.8) is 0 Å². The van der Waals surface area contributed by atoms with E-state index < -0.39 is 7.12 Å². The molecule has 0 aliphatic carbocycles. The fourth-order valence-electron chi connectivity index (χ4n) is 1.96. The Labute approximate surface area is 131 Å². The number of rotatable bonds is 3. The van der Waals surface area contributed by atoms with E-state index in [-0.39, 0.29) is 16.8 Å². The molecule has 1 fully saturated rings. The van der Waals surface area contributed by atoms with E-state index >= 15 is 0 Å². The fourth-order valence-corrected chi connectivity index (χ4v) is 1.96. The van der Waals surface area contributed by atoms with Gasteiger partial charge in [0.05, 0.1) is 11.2 Å². The summed E-state index contributed by atoms with van der Waals surface area (Å²) in [5.41, 5.74) is 0.990. The topological polar surface area (TPSA) is 78.1 Å². The molecule has 2 rings (SSSR count). The van der Waals surface area contributed by atoms with Crippen LogP contribution in [-0.4, -0.2) is 18.3 Å². The highest BCUT2D eigenvalue weighted by Crippen LogP contribution is 2.36. The Morgan fingerprint density at radius 3 is 2.00 bits per heavy atom. The summed E-state index contributed by atoms with van der Waals surface area (Å²) >= 11 is 0. The van der Waals surface area contributed by atoms with Gasteiger partial charge in [-0.15, -0.1) is 0 Å². The van der Waals surface area contributed by atoms with E-state index in [4.69, 9.17) is 19.8 Å². The summed E-state index contributed by atoms with van der Waals surface area (Å²) < 4.78 is 12.0. The molecule has 1 saturated heterocycles. The van der Waals surface area contributed by atoms with Crippen LogP contribution < -0.4 is 10.8 Å². The van der Waals surface area contributed by atoms with Gasteiger partial charge in [0, 0.05) is 11.9 Å². The quantitative estimate of drug-likeness (QED) is 0.684. The number of benzene rings is 1. The van der Waals surface area contributed by atoms with Gasteiger partial charge in [-0.1, -0.05) is 12.1 Å². The van der Waals surface area contributed by atoms with Crippen LogP contribution in [0.2, 0.25) is 0 Å². The van der Waals surface area contributed by atoms with E-state index in [2.05, 4.69) is 5.32 Å². The predicted molar refractivity (Wildman–Crippen MR) is 85.1 cm³/mol. The molecule has 6 heteroatoms. The van der Waals surface area contributed by atoms with E-state index in [0.29, 0.717) is 0 Å². The molecule has 1 aliphatic rings. The molecular formula is C16H18BN3O2. The molecule has 1 heterocycles. The van der Waals surface area contributed by atoms with Gasteiger partial charge >= 0.3 is 7.12 Å². The maximum absolute atomic E-state index is 8.68. The molecule has 112 valence electrons. The Morgan fingerprint density at radius 2 is 1.55 bits per heavy atom. The van der Waals surface area contributed by atoms with Crippen LogP contribution in [0, 0.1) is 22.7 Å². The number of anilines is 1. The van der Waals surface area contributed by atoms with Crippen LogP contribution in [-0.2, 0) is 9.31 Å². The van der Waals surface area contributed by atoms with Gasteiger partial charge in [0.25, 0.3) is 0 Å². The first kappa shape index (κ1) is 16.1.